The van der Waals surface area contributed by atoms with E-state index in [9.17, 15) is 9.59 Å². The quantitative estimate of drug-likeness (QED) is 0.803. The lowest BCUT2D eigenvalue weighted by Crippen LogP contribution is -2.35. The van der Waals surface area contributed by atoms with Crippen LogP contribution in [0.25, 0.3) is 0 Å². The summed E-state index contributed by atoms with van der Waals surface area (Å²) in [6.07, 6.45) is 0.183. The van der Waals surface area contributed by atoms with Gasteiger partial charge in [0.15, 0.2) is 11.5 Å². The van der Waals surface area contributed by atoms with E-state index in [0.717, 1.165) is 5.56 Å². The molecule has 1 aromatic carbocycles. The Balaban J connectivity index is 2.42. The first-order chi connectivity index (χ1) is 11.6. The van der Waals surface area contributed by atoms with E-state index in [4.69, 9.17) is 14.2 Å². The minimum Gasteiger partial charge on any atom is -0.493 e. The lowest BCUT2D eigenvalue weighted by atomic mass is 9.92. The van der Waals surface area contributed by atoms with Crippen molar-refractivity contribution in [3.63, 3.8) is 0 Å². The van der Waals surface area contributed by atoms with Crippen LogP contribution in [-0.4, -0.2) is 58.2 Å². The summed E-state index contributed by atoms with van der Waals surface area (Å²) in [5.74, 6) is 0.517. The van der Waals surface area contributed by atoms with Gasteiger partial charge in [0.2, 0.25) is 11.8 Å². The van der Waals surface area contributed by atoms with Gasteiger partial charge >= 0.3 is 0 Å². The lowest BCUT2D eigenvalue weighted by Gasteiger charge is -2.28. The van der Waals surface area contributed by atoms with Gasteiger partial charge in [-0.05, 0) is 17.7 Å². The number of methoxy groups -OCH3 is 3. The monoisotopic (exact) mass is 336 g/mol. The number of nitrogens with zero attached hydrogens (tertiary/aromatic N) is 1. The molecule has 1 aromatic rings. The Morgan fingerprint density at radius 3 is 2.54 bits per heavy atom. The van der Waals surface area contributed by atoms with E-state index in [-0.39, 0.29) is 24.3 Å². The van der Waals surface area contributed by atoms with Crippen molar-refractivity contribution in [3.8, 4) is 11.5 Å². The molecule has 132 valence electrons. The summed E-state index contributed by atoms with van der Waals surface area (Å²) >= 11 is 0. The summed E-state index contributed by atoms with van der Waals surface area (Å²) in [6, 6.07) is 5.11. The van der Waals surface area contributed by atoms with E-state index in [0.29, 0.717) is 24.7 Å². The maximum absolute atomic E-state index is 12.4. The fourth-order valence-corrected chi connectivity index (χ4v) is 3.11. The van der Waals surface area contributed by atoms with Crippen LogP contribution < -0.4 is 14.8 Å². The molecule has 7 nitrogen and oxygen atoms in total. The van der Waals surface area contributed by atoms with Gasteiger partial charge in [0.05, 0.1) is 32.8 Å². The minimum atomic E-state index is -0.447. The Morgan fingerprint density at radius 1 is 1.25 bits per heavy atom. The maximum Gasteiger partial charge on any atom is 0.225 e. The van der Waals surface area contributed by atoms with E-state index >= 15 is 0 Å². The zero-order valence-corrected chi connectivity index (χ0v) is 14.5. The summed E-state index contributed by atoms with van der Waals surface area (Å²) in [5, 5.41) is 2.65. The Labute approximate surface area is 141 Å². The highest BCUT2D eigenvalue weighted by Crippen LogP contribution is 2.41. The fourth-order valence-electron chi connectivity index (χ4n) is 3.11. The number of hydrogen-bond donors (Lipinski definition) is 1. The molecule has 1 saturated heterocycles. The van der Waals surface area contributed by atoms with Gasteiger partial charge < -0.3 is 24.4 Å². The summed E-state index contributed by atoms with van der Waals surface area (Å²) < 4.78 is 15.7. The largest absolute Gasteiger partial charge is 0.493 e. The predicted octanol–water partition coefficient (Wildman–Crippen LogP) is 0.986. The van der Waals surface area contributed by atoms with E-state index in [1.165, 1.54) is 0 Å². The third kappa shape index (κ3) is 3.46. The maximum atomic E-state index is 12.4. The smallest absolute Gasteiger partial charge is 0.225 e. The molecule has 0 unspecified atom stereocenters. The molecule has 0 spiro atoms. The number of nitrogens with one attached hydrogen (secondary N) is 1. The molecule has 1 aliphatic rings. The molecule has 24 heavy (non-hydrogen) atoms. The van der Waals surface area contributed by atoms with Gasteiger partial charge in [-0.3, -0.25) is 9.59 Å². The third-order valence-corrected chi connectivity index (χ3v) is 4.30. The number of rotatable bonds is 7. The average Bonchev–Trinajstić information content (AvgIpc) is 2.94. The van der Waals surface area contributed by atoms with Crippen LogP contribution in [0.15, 0.2) is 18.2 Å². The normalized spacial score (nSPS) is 20.2. The second-order valence-electron chi connectivity index (χ2n) is 5.56. The molecule has 0 saturated carbocycles. The zero-order valence-electron chi connectivity index (χ0n) is 14.5. The fraction of sp³-hybridized carbons (Fsp3) is 0.529. The lowest BCUT2D eigenvalue weighted by molar-refractivity contribution is -0.129. The van der Waals surface area contributed by atoms with E-state index in [2.05, 4.69) is 5.32 Å². The summed E-state index contributed by atoms with van der Waals surface area (Å²) in [4.78, 5) is 26.4. The van der Waals surface area contributed by atoms with E-state index < -0.39 is 5.92 Å². The zero-order chi connectivity index (χ0) is 17.7. The first-order valence-electron chi connectivity index (χ1n) is 7.79. The third-order valence-electron chi connectivity index (χ3n) is 4.30. The van der Waals surface area contributed by atoms with Gasteiger partial charge in [0.1, 0.15) is 0 Å². The molecule has 1 N–H and O–H groups in total. The highest BCUT2D eigenvalue weighted by atomic mass is 16.5. The number of hydrogen-bond acceptors (Lipinski definition) is 5. The van der Waals surface area contributed by atoms with Gasteiger partial charge in [0, 0.05) is 27.1 Å². The standard InChI is InChI=1S/C17H24N2O5/c1-18-17(21)12-10-15(20)19(7-8-22-2)16(12)11-5-6-13(23-3)14(9-11)24-4/h5-6,9,12,16H,7-8,10H2,1-4H3,(H,18,21)/t12-,16+/m1/s1. The number of amides is 2. The highest BCUT2D eigenvalue weighted by Gasteiger charge is 2.44. The minimum absolute atomic E-state index is 0.0552. The van der Waals surface area contributed by atoms with Crippen molar-refractivity contribution < 1.29 is 23.8 Å². The number of benzene rings is 1. The molecule has 1 fully saturated rings. The van der Waals surface area contributed by atoms with Gasteiger partial charge in [-0.2, -0.15) is 0 Å². The summed E-state index contributed by atoms with van der Waals surface area (Å²) in [6.45, 7) is 0.845. The van der Waals surface area contributed by atoms with Crippen LogP contribution in [-0.2, 0) is 14.3 Å². The van der Waals surface area contributed by atoms with Crippen LogP contribution in [0.4, 0.5) is 0 Å². The molecule has 1 heterocycles. The molecular weight excluding hydrogens is 312 g/mol. The molecule has 0 aliphatic carbocycles. The van der Waals surface area contributed by atoms with Crippen molar-refractivity contribution in [2.45, 2.75) is 12.5 Å². The molecule has 0 bridgehead atoms. The Bertz CT molecular complexity index is 605. The topological polar surface area (TPSA) is 77.1 Å². The molecular formula is C17H24N2O5. The molecule has 1 aliphatic heterocycles. The van der Waals surface area contributed by atoms with Gasteiger partial charge in [-0.25, -0.2) is 0 Å². The average molecular weight is 336 g/mol. The Kier molecular flexibility index (Phi) is 6.03. The van der Waals surface area contributed by atoms with Crippen LogP contribution in [0.3, 0.4) is 0 Å². The number of likely N-dealkylation sites (tertiary alicyclic amines) is 1. The van der Waals surface area contributed by atoms with Crippen molar-refractivity contribution in [3.05, 3.63) is 23.8 Å². The van der Waals surface area contributed by atoms with Gasteiger partial charge in [-0.1, -0.05) is 6.07 Å². The van der Waals surface area contributed by atoms with Crippen LogP contribution in [0, 0.1) is 5.92 Å². The van der Waals surface area contributed by atoms with Crippen LogP contribution >= 0.6 is 0 Å². The van der Waals surface area contributed by atoms with Crippen LogP contribution in [0.1, 0.15) is 18.0 Å². The van der Waals surface area contributed by atoms with Crippen molar-refractivity contribution >= 4 is 11.8 Å². The molecule has 0 aromatic heterocycles. The van der Waals surface area contributed by atoms with Crippen molar-refractivity contribution in [2.24, 2.45) is 5.92 Å². The van der Waals surface area contributed by atoms with Gasteiger partial charge in [0.25, 0.3) is 0 Å². The van der Waals surface area contributed by atoms with Gasteiger partial charge in [-0.15, -0.1) is 0 Å². The predicted molar refractivity (Wildman–Crippen MR) is 88.0 cm³/mol. The first-order valence-corrected chi connectivity index (χ1v) is 7.79. The SMILES string of the molecule is CNC(=O)[C@@H]1CC(=O)N(CCOC)[C@H]1c1ccc(OC)c(OC)c1. The number of ether oxygens (including phenoxy) is 3. The number of carbonyl (C=O) groups is 2. The number of carbonyl (C=O) groups excluding carboxylic acids is 2. The van der Waals surface area contributed by atoms with Crippen LogP contribution in [0.5, 0.6) is 11.5 Å². The summed E-state index contributed by atoms with van der Waals surface area (Å²) in [7, 11) is 6.29. The second kappa shape index (κ2) is 8.01. The first kappa shape index (κ1) is 18.1. The van der Waals surface area contributed by atoms with Crippen LogP contribution in [0.2, 0.25) is 0 Å². The van der Waals surface area contributed by atoms with E-state index in [1.807, 2.05) is 12.1 Å². The van der Waals surface area contributed by atoms with Crippen molar-refractivity contribution in [1.29, 1.82) is 0 Å². The Hall–Kier alpha value is -2.28. The molecule has 2 rings (SSSR count). The van der Waals surface area contributed by atoms with Crippen molar-refractivity contribution in [1.82, 2.24) is 10.2 Å². The van der Waals surface area contributed by atoms with Crippen molar-refractivity contribution in [2.75, 3.05) is 41.5 Å². The second-order valence-corrected chi connectivity index (χ2v) is 5.56. The molecule has 2 amide bonds. The molecule has 0 radical (unpaired) electrons. The molecule has 7 heteroatoms. The Morgan fingerprint density at radius 2 is 1.96 bits per heavy atom. The van der Waals surface area contributed by atoms with E-state index in [1.54, 1.807) is 39.3 Å². The molecule has 2 atom stereocenters. The highest BCUT2D eigenvalue weighted by molar-refractivity contribution is 5.90. The summed E-state index contributed by atoms with van der Waals surface area (Å²) in [5.41, 5.74) is 0.836.